The van der Waals surface area contributed by atoms with Crippen LogP contribution in [0.5, 0.6) is 0 Å². The van der Waals surface area contributed by atoms with Crippen LogP contribution in [-0.4, -0.2) is 23.5 Å². The van der Waals surface area contributed by atoms with Crippen LogP contribution in [0.15, 0.2) is 12.1 Å². The van der Waals surface area contributed by atoms with Gasteiger partial charge in [-0.25, -0.2) is 0 Å². The van der Waals surface area contributed by atoms with Gasteiger partial charge in [0, 0.05) is 5.69 Å². The highest BCUT2D eigenvalue weighted by Gasteiger charge is 2.15. The van der Waals surface area contributed by atoms with Gasteiger partial charge in [-0.3, -0.25) is 9.59 Å². The van der Waals surface area contributed by atoms with Gasteiger partial charge in [-0.15, -0.1) is 0 Å². The largest absolute Gasteiger partial charge is 0.480 e. The van der Waals surface area contributed by atoms with Gasteiger partial charge < -0.3 is 16.2 Å². The molecule has 0 aliphatic heterocycles. The fourth-order valence-corrected chi connectivity index (χ4v) is 1.77. The van der Waals surface area contributed by atoms with E-state index in [4.69, 9.17) is 10.8 Å². The van der Waals surface area contributed by atoms with Crippen LogP contribution in [0.4, 0.5) is 5.69 Å². The number of benzene rings is 1. The predicted molar refractivity (Wildman–Crippen MR) is 64.9 cm³/mol. The molecule has 0 spiro atoms. The molecule has 17 heavy (non-hydrogen) atoms. The van der Waals surface area contributed by atoms with E-state index in [-0.39, 0.29) is 6.42 Å². The fourth-order valence-electron chi connectivity index (χ4n) is 1.77. The van der Waals surface area contributed by atoms with Crippen molar-refractivity contribution in [1.29, 1.82) is 0 Å². The summed E-state index contributed by atoms with van der Waals surface area (Å²) in [6.45, 7) is 3.74. The molecule has 5 nitrogen and oxygen atoms in total. The molecular weight excluding hydrogens is 220 g/mol. The van der Waals surface area contributed by atoms with Crippen molar-refractivity contribution in [3.8, 4) is 0 Å². The SMILES string of the molecule is Cc1cc(NC=O)cc(C)c1CC(N)C(=O)O. The second-order valence-corrected chi connectivity index (χ2v) is 4.00. The van der Waals surface area contributed by atoms with Crippen molar-refractivity contribution >= 4 is 18.1 Å². The molecule has 4 N–H and O–H groups in total. The number of carbonyl (C=O) groups excluding carboxylic acids is 1. The van der Waals surface area contributed by atoms with E-state index in [1.54, 1.807) is 12.1 Å². The Morgan fingerprint density at radius 1 is 1.47 bits per heavy atom. The van der Waals surface area contributed by atoms with Crippen LogP contribution in [0.3, 0.4) is 0 Å². The molecular formula is C12H16N2O3. The first-order chi connectivity index (χ1) is 7.95. The van der Waals surface area contributed by atoms with Crippen molar-refractivity contribution in [2.75, 3.05) is 5.32 Å². The highest BCUT2D eigenvalue weighted by molar-refractivity contribution is 5.75. The average molecular weight is 236 g/mol. The van der Waals surface area contributed by atoms with Crippen molar-refractivity contribution < 1.29 is 14.7 Å². The number of nitrogens with one attached hydrogen (secondary N) is 1. The standard InChI is InChI=1S/C12H16N2O3/c1-7-3-9(14-6-15)4-8(2)10(7)5-11(13)12(16)17/h3-4,6,11H,5,13H2,1-2H3,(H,14,15)(H,16,17). The molecule has 1 aromatic rings. The summed E-state index contributed by atoms with van der Waals surface area (Å²) in [6, 6.07) is 2.69. The number of aryl methyl sites for hydroxylation is 2. The van der Waals surface area contributed by atoms with Crippen LogP contribution in [0.2, 0.25) is 0 Å². The summed E-state index contributed by atoms with van der Waals surface area (Å²) < 4.78 is 0. The summed E-state index contributed by atoms with van der Waals surface area (Å²) in [5, 5.41) is 11.3. The Morgan fingerprint density at radius 2 is 2.00 bits per heavy atom. The van der Waals surface area contributed by atoms with Crippen LogP contribution in [0.25, 0.3) is 0 Å². The summed E-state index contributed by atoms with van der Waals surface area (Å²) in [7, 11) is 0. The first-order valence-electron chi connectivity index (χ1n) is 5.24. The minimum absolute atomic E-state index is 0.286. The van der Waals surface area contributed by atoms with Gasteiger partial charge in [-0.05, 0) is 49.1 Å². The van der Waals surface area contributed by atoms with Gasteiger partial charge in [0.1, 0.15) is 6.04 Å². The molecule has 0 saturated heterocycles. The Balaban J connectivity index is 3.01. The van der Waals surface area contributed by atoms with E-state index in [0.29, 0.717) is 12.1 Å². The molecule has 0 saturated carbocycles. The van der Waals surface area contributed by atoms with Gasteiger partial charge in [0.2, 0.25) is 6.41 Å². The van der Waals surface area contributed by atoms with Crippen LogP contribution in [0, 0.1) is 13.8 Å². The van der Waals surface area contributed by atoms with E-state index in [1.807, 2.05) is 13.8 Å². The van der Waals surface area contributed by atoms with Crippen LogP contribution < -0.4 is 11.1 Å². The van der Waals surface area contributed by atoms with Gasteiger partial charge in [0.25, 0.3) is 0 Å². The Bertz CT molecular complexity index is 420. The molecule has 5 heteroatoms. The molecule has 0 bridgehead atoms. The summed E-state index contributed by atoms with van der Waals surface area (Å²) >= 11 is 0. The van der Waals surface area contributed by atoms with Crippen molar-refractivity contribution in [2.45, 2.75) is 26.3 Å². The van der Waals surface area contributed by atoms with Gasteiger partial charge in [0.15, 0.2) is 0 Å². The zero-order chi connectivity index (χ0) is 13.0. The average Bonchev–Trinajstić information content (AvgIpc) is 2.23. The van der Waals surface area contributed by atoms with Gasteiger partial charge in [-0.1, -0.05) is 0 Å². The Kier molecular flexibility index (Phi) is 4.23. The van der Waals surface area contributed by atoms with Crippen molar-refractivity contribution in [1.82, 2.24) is 0 Å². The molecule has 0 aromatic heterocycles. The number of carboxylic acids is 1. The van der Waals surface area contributed by atoms with E-state index in [0.717, 1.165) is 16.7 Å². The monoisotopic (exact) mass is 236 g/mol. The molecule has 0 heterocycles. The number of carbonyl (C=O) groups is 2. The van der Waals surface area contributed by atoms with Gasteiger partial charge >= 0.3 is 5.97 Å². The third-order valence-electron chi connectivity index (χ3n) is 2.66. The zero-order valence-corrected chi connectivity index (χ0v) is 9.86. The number of carboxylic acid groups (broad SMARTS) is 1. The summed E-state index contributed by atoms with van der Waals surface area (Å²) in [4.78, 5) is 21.1. The number of rotatable bonds is 5. The second-order valence-electron chi connectivity index (χ2n) is 4.00. The number of amides is 1. The summed E-state index contributed by atoms with van der Waals surface area (Å²) in [5.74, 6) is -1.01. The minimum atomic E-state index is -1.01. The lowest BCUT2D eigenvalue weighted by Crippen LogP contribution is -2.32. The van der Waals surface area contributed by atoms with E-state index in [9.17, 15) is 9.59 Å². The third-order valence-corrected chi connectivity index (χ3v) is 2.66. The Hall–Kier alpha value is -1.88. The molecule has 92 valence electrons. The van der Waals surface area contributed by atoms with E-state index >= 15 is 0 Å². The molecule has 1 rings (SSSR count). The maximum absolute atomic E-state index is 10.7. The van der Waals surface area contributed by atoms with Gasteiger partial charge in [-0.2, -0.15) is 0 Å². The quantitative estimate of drug-likeness (QED) is 0.660. The lowest BCUT2D eigenvalue weighted by atomic mass is 9.96. The summed E-state index contributed by atoms with van der Waals surface area (Å²) in [5.41, 5.74) is 8.97. The minimum Gasteiger partial charge on any atom is -0.480 e. The lowest BCUT2D eigenvalue weighted by molar-refractivity contribution is -0.138. The number of hydrogen-bond donors (Lipinski definition) is 3. The molecule has 1 aromatic carbocycles. The highest BCUT2D eigenvalue weighted by atomic mass is 16.4. The fraction of sp³-hybridized carbons (Fsp3) is 0.333. The van der Waals surface area contributed by atoms with Gasteiger partial charge in [0.05, 0.1) is 0 Å². The molecule has 1 unspecified atom stereocenters. The highest BCUT2D eigenvalue weighted by Crippen LogP contribution is 2.21. The van der Waals surface area contributed by atoms with Crippen molar-refractivity contribution in [3.05, 3.63) is 28.8 Å². The topological polar surface area (TPSA) is 92.4 Å². The van der Waals surface area contributed by atoms with Crippen LogP contribution in [0.1, 0.15) is 16.7 Å². The Morgan fingerprint density at radius 3 is 2.41 bits per heavy atom. The van der Waals surface area contributed by atoms with E-state index in [1.165, 1.54) is 0 Å². The van der Waals surface area contributed by atoms with Crippen molar-refractivity contribution in [3.63, 3.8) is 0 Å². The van der Waals surface area contributed by atoms with Crippen LogP contribution in [-0.2, 0) is 16.0 Å². The number of aliphatic carboxylic acids is 1. The third kappa shape index (κ3) is 3.29. The maximum atomic E-state index is 10.7. The molecule has 1 amide bonds. The maximum Gasteiger partial charge on any atom is 0.320 e. The molecule has 0 radical (unpaired) electrons. The zero-order valence-electron chi connectivity index (χ0n) is 9.86. The normalized spacial score (nSPS) is 11.9. The van der Waals surface area contributed by atoms with Crippen LogP contribution >= 0.6 is 0 Å². The smallest absolute Gasteiger partial charge is 0.320 e. The number of hydrogen-bond acceptors (Lipinski definition) is 3. The second kappa shape index (κ2) is 5.45. The molecule has 0 aliphatic carbocycles. The van der Waals surface area contributed by atoms with E-state index < -0.39 is 12.0 Å². The van der Waals surface area contributed by atoms with E-state index in [2.05, 4.69) is 5.32 Å². The van der Waals surface area contributed by atoms with Crippen molar-refractivity contribution in [2.24, 2.45) is 5.73 Å². The molecule has 0 fully saturated rings. The Labute approximate surface area is 99.6 Å². The predicted octanol–water partition coefficient (Wildman–Crippen LogP) is 0.826. The number of nitrogens with two attached hydrogens (primary N) is 1. The summed E-state index contributed by atoms with van der Waals surface area (Å²) in [6.07, 6.45) is 0.894. The molecule has 1 atom stereocenters. The first kappa shape index (κ1) is 13.2. The first-order valence-corrected chi connectivity index (χ1v) is 5.24. The number of anilines is 1. The lowest BCUT2D eigenvalue weighted by Gasteiger charge is -2.14. The molecule has 0 aliphatic rings.